The van der Waals surface area contributed by atoms with Gasteiger partial charge in [-0.2, -0.15) is 0 Å². The van der Waals surface area contributed by atoms with E-state index in [2.05, 4.69) is 4.72 Å². The average Bonchev–Trinajstić information content (AvgIpc) is 2.53. The molecule has 0 radical (unpaired) electrons. The van der Waals surface area contributed by atoms with Gasteiger partial charge in [-0.3, -0.25) is 25.0 Å². The molecule has 24 heavy (non-hydrogen) atoms. The zero-order valence-corrected chi connectivity index (χ0v) is 13.0. The molecule has 0 aliphatic rings. The molecular weight excluding hydrogens is 342 g/mol. The van der Waals surface area contributed by atoms with Crippen molar-refractivity contribution in [3.05, 3.63) is 62.7 Å². The van der Waals surface area contributed by atoms with E-state index in [0.29, 0.717) is 11.8 Å². The summed E-state index contributed by atoms with van der Waals surface area (Å²) in [6, 6.07) is 8.23. The molecule has 0 spiro atoms. The summed E-state index contributed by atoms with van der Waals surface area (Å²) in [7, 11) is -2.93. The van der Waals surface area contributed by atoms with Gasteiger partial charge in [-0.25, -0.2) is 8.42 Å². The molecule has 0 aliphatic heterocycles. The van der Waals surface area contributed by atoms with Crippen LogP contribution in [0, 0.1) is 20.2 Å². The van der Waals surface area contributed by atoms with Crippen molar-refractivity contribution in [1.29, 1.82) is 0 Å². The van der Waals surface area contributed by atoms with Gasteiger partial charge in [-0.15, -0.1) is 0 Å². The number of sulfonamides is 1. The summed E-state index contributed by atoms with van der Waals surface area (Å²) in [5.41, 5.74) is -1.34. The summed E-state index contributed by atoms with van der Waals surface area (Å²) in [5, 5.41) is 21.8. The quantitative estimate of drug-likeness (QED) is 0.620. The van der Waals surface area contributed by atoms with Crippen LogP contribution in [0.4, 0.5) is 17.1 Å². The van der Waals surface area contributed by atoms with Crippen LogP contribution < -0.4 is 9.46 Å². The molecular formula is C13H11N3O7S. The number of hydrogen-bond acceptors (Lipinski definition) is 7. The van der Waals surface area contributed by atoms with Gasteiger partial charge >= 0.3 is 0 Å². The van der Waals surface area contributed by atoms with Crippen LogP contribution in [0.1, 0.15) is 0 Å². The zero-order chi connectivity index (χ0) is 17.9. The predicted octanol–water partition coefficient (Wildman–Crippen LogP) is 2.31. The van der Waals surface area contributed by atoms with Gasteiger partial charge in [0, 0.05) is 12.1 Å². The third-order valence-electron chi connectivity index (χ3n) is 2.96. The van der Waals surface area contributed by atoms with Gasteiger partial charge in [0.05, 0.1) is 28.7 Å². The molecule has 2 aromatic carbocycles. The lowest BCUT2D eigenvalue weighted by molar-refractivity contribution is -0.396. The molecule has 0 unspecified atom stereocenters. The molecule has 0 aliphatic carbocycles. The number of nitro groups is 2. The van der Waals surface area contributed by atoms with Crippen molar-refractivity contribution in [1.82, 2.24) is 0 Å². The number of non-ortho nitro benzene ring substituents is 1. The van der Waals surface area contributed by atoms with Gasteiger partial charge in [-0.05, 0) is 18.2 Å². The van der Waals surface area contributed by atoms with Crippen LogP contribution in [0.15, 0.2) is 47.4 Å². The molecule has 0 saturated heterocycles. The second-order valence-corrected chi connectivity index (χ2v) is 6.15. The first-order valence-corrected chi connectivity index (χ1v) is 7.82. The van der Waals surface area contributed by atoms with Gasteiger partial charge in [0.25, 0.3) is 21.4 Å². The Morgan fingerprint density at radius 2 is 1.75 bits per heavy atom. The first-order chi connectivity index (χ1) is 11.2. The molecule has 0 heterocycles. The van der Waals surface area contributed by atoms with Crippen molar-refractivity contribution in [2.24, 2.45) is 0 Å². The SMILES string of the molecule is COc1cccc(NS(=O)(=O)c2ccc([N+](=O)[O-])cc2[N+](=O)[O-])c1. The summed E-state index contributed by atoms with van der Waals surface area (Å²) in [6.45, 7) is 0. The van der Waals surface area contributed by atoms with Crippen LogP contribution in [-0.4, -0.2) is 25.4 Å². The maximum Gasteiger partial charge on any atom is 0.296 e. The summed E-state index contributed by atoms with van der Waals surface area (Å²) in [6.07, 6.45) is 0. The molecule has 11 heteroatoms. The Hall–Kier alpha value is -3.21. The third-order valence-corrected chi connectivity index (χ3v) is 4.39. The van der Waals surface area contributed by atoms with E-state index >= 15 is 0 Å². The van der Waals surface area contributed by atoms with Crippen molar-refractivity contribution in [3.63, 3.8) is 0 Å². The highest BCUT2D eigenvalue weighted by Gasteiger charge is 2.28. The van der Waals surface area contributed by atoms with Crippen molar-refractivity contribution in [2.75, 3.05) is 11.8 Å². The van der Waals surface area contributed by atoms with E-state index in [-0.39, 0.29) is 5.69 Å². The molecule has 2 aromatic rings. The fraction of sp³-hybridized carbons (Fsp3) is 0.0769. The smallest absolute Gasteiger partial charge is 0.296 e. The lowest BCUT2D eigenvalue weighted by atomic mass is 10.3. The molecule has 0 atom stereocenters. The van der Waals surface area contributed by atoms with Crippen molar-refractivity contribution >= 4 is 27.1 Å². The molecule has 0 saturated carbocycles. The molecule has 0 aromatic heterocycles. The van der Waals surface area contributed by atoms with E-state index < -0.39 is 36.1 Å². The molecule has 0 amide bonds. The number of nitrogens with one attached hydrogen (secondary N) is 1. The van der Waals surface area contributed by atoms with Gasteiger partial charge in [-0.1, -0.05) is 6.07 Å². The van der Waals surface area contributed by atoms with E-state index in [1.54, 1.807) is 6.07 Å². The second kappa shape index (κ2) is 6.50. The highest BCUT2D eigenvalue weighted by Crippen LogP contribution is 2.30. The van der Waals surface area contributed by atoms with Crippen LogP contribution in [0.25, 0.3) is 0 Å². The van der Waals surface area contributed by atoms with E-state index in [1.165, 1.54) is 25.3 Å². The Balaban J connectivity index is 2.48. The minimum atomic E-state index is -4.33. The first kappa shape index (κ1) is 17.1. The summed E-state index contributed by atoms with van der Waals surface area (Å²) in [5.74, 6) is 0.383. The number of anilines is 1. The molecule has 126 valence electrons. The number of hydrogen-bond donors (Lipinski definition) is 1. The fourth-order valence-electron chi connectivity index (χ4n) is 1.89. The largest absolute Gasteiger partial charge is 0.497 e. The average molecular weight is 353 g/mol. The monoisotopic (exact) mass is 353 g/mol. The Labute approximate surface area is 136 Å². The van der Waals surface area contributed by atoms with Gasteiger partial charge in [0.1, 0.15) is 5.75 Å². The highest BCUT2D eigenvalue weighted by molar-refractivity contribution is 7.92. The highest BCUT2D eigenvalue weighted by atomic mass is 32.2. The summed E-state index contributed by atoms with van der Waals surface area (Å²) >= 11 is 0. The number of nitrogens with zero attached hydrogens (tertiary/aromatic N) is 2. The van der Waals surface area contributed by atoms with Crippen molar-refractivity contribution in [3.8, 4) is 5.75 Å². The lowest BCUT2D eigenvalue weighted by Gasteiger charge is -2.09. The standard InChI is InChI=1S/C13H11N3O7S/c1-23-11-4-2-3-9(7-11)14-24(21,22)13-6-5-10(15(17)18)8-12(13)16(19)20/h2-8,14H,1H3. The molecule has 0 fully saturated rings. The van der Waals surface area contributed by atoms with Crippen LogP contribution in [0.5, 0.6) is 5.75 Å². The van der Waals surface area contributed by atoms with E-state index in [4.69, 9.17) is 4.74 Å². The number of methoxy groups -OCH3 is 1. The minimum absolute atomic E-state index is 0.127. The normalized spacial score (nSPS) is 10.9. The van der Waals surface area contributed by atoms with E-state index in [1.807, 2.05) is 0 Å². The Kier molecular flexibility index (Phi) is 4.64. The van der Waals surface area contributed by atoms with Gasteiger partial charge < -0.3 is 4.74 Å². The minimum Gasteiger partial charge on any atom is -0.497 e. The number of ether oxygens (including phenoxy) is 1. The molecule has 2 rings (SSSR count). The number of rotatable bonds is 6. The van der Waals surface area contributed by atoms with Crippen molar-refractivity contribution < 1.29 is 23.0 Å². The summed E-state index contributed by atoms with van der Waals surface area (Å²) in [4.78, 5) is 19.2. The van der Waals surface area contributed by atoms with Crippen LogP contribution in [0.2, 0.25) is 0 Å². The second-order valence-electron chi connectivity index (χ2n) is 4.50. The van der Waals surface area contributed by atoms with Crippen LogP contribution in [0.3, 0.4) is 0 Å². The van der Waals surface area contributed by atoms with Gasteiger partial charge in [0.2, 0.25) is 0 Å². The predicted molar refractivity (Wildman–Crippen MR) is 83.6 cm³/mol. The molecule has 10 nitrogen and oxygen atoms in total. The molecule has 1 N–H and O–H groups in total. The number of benzene rings is 2. The van der Waals surface area contributed by atoms with Crippen LogP contribution >= 0.6 is 0 Å². The maximum atomic E-state index is 12.4. The lowest BCUT2D eigenvalue weighted by Crippen LogP contribution is -2.15. The maximum absolute atomic E-state index is 12.4. The van der Waals surface area contributed by atoms with Gasteiger partial charge in [0.15, 0.2) is 4.90 Å². The Bertz CT molecular complexity index is 912. The van der Waals surface area contributed by atoms with Crippen LogP contribution in [-0.2, 0) is 10.0 Å². The third kappa shape index (κ3) is 3.57. The molecule has 0 bridgehead atoms. The van der Waals surface area contributed by atoms with E-state index in [9.17, 15) is 28.6 Å². The van der Waals surface area contributed by atoms with E-state index in [0.717, 1.165) is 12.1 Å². The topological polar surface area (TPSA) is 142 Å². The first-order valence-electron chi connectivity index (χ1n) is 6.34. The summed E-state index contributed by atoms with van der Waals surface area (Å²) < 4.78 is 31.9. The van der Waals surface area contributed by atoms with Crippen molar-refractivity contribution in [2.45, 2.75) is 4.90 Å². The number of nitro benzene ring substituents is 2. The Morgan fingerprint density at radius 1 is 1.04 bits per heavy atom. The fourth-order valence-corrected chi connectivity index (χ4v) is 3.09. The zero-order valence-electron chi connectivity index (χ0n) is 12.2. The Morgan fingerprint density at radius 3 is 2.33 bits per heavy atom.